The quantitative estimate of drug-likeness (QED) is 0.550. The first-order valence-electron chi connectivity index (χ1n) is 6.50. The Labute approximate surface area is 100 Å². The van der Waals surface area contributed by atoms with Gasteiger partial charge in [0.15, 0.2) is 5.96 Å². The highest BCUT2D eigenvalue weighted by atomic mass is 15.2. The summed E-state index contributed by atoms with van der Waals surface area (Å²) >= 11 is 0. The molecule has 3 heteroatoms. The molecule has 2 N–H and O–H groups in total. The number of guanidine groups is 1. The molecule has 0 amide bonds. The first-order chi connectivity index (χ1) is 7.45. The Morgan fingerprint density at radius 1 is 1.31 bits per heavy atom. The van der Waals surface area contributed by atoms with Crippen LogP contribution in [0.4, 0.5) is 0 Å². The van der Waals surface area contributed by atoms with Gasteiger partial charge in [-0.3, -0.25) is 4.99 Å². The molecular weight excluding hydrogens is 198 g/mol. The van der Waals surface area contributed by atoms with Gasteiger partial charge in [0.2, 0.25) is 0 Å². The lowest BCUT2D eigenvalue weighted by molar-refractivity contribution is 0.216. The van der Waals surface area contributed by atoms with E-state index < -0.39 is 0 Å². The maximum Gasteiger partial charge on any atom is 0.191 e. The molecule has 1 atom stereocenters. The molecule has 1 aliphatic heterocycles. The Morgan fingerprint density at radius 3 is 2.56 bits per heavy atom. The van der Waals surface area contributed by atoms with E-state index in [2.05, 4.69) is 30.7 Å². The summed E-state index contributed by atoms with van der Waals surface area (Å²) in [5, 5.41) is 0. The second kappa shape index (κ2) is 5.55. The lowest BCUT2D eigenvalue weighted by atomic mass is 9.77. The number of nitrogens with two attached hydrogens (primary N) is 1. The van der Waals surface area contributed by atoms with Gasteiger partial charge in [0.1, 0.15) is 0 Å². The average molecular weight is 225 g/mol. The van der Waals surface area contributed by atoms with Gasteiger partial charge in [-0.15, -0.1) is 0 Å². The molecular formula is C13H27N3. The maximum absolute atomic E-state index is 5.96. The molecule has 0 aromatic heterocycles. The first-order valence-corrected chi connectivity index (χ1v) is 6.50. The Hall–Kier alpha value is -0.730. The van der Waals surface area contributed by atoms with Gasteiger partial charge in [0.25, 0.3) is 0 Å². The molecule has 3 nitrogen and oxygen atoms in total. The van der Waals surface area contributed by atoms with Crippen LogP contribution < -0.4 is 5.73 Å². The predicted molar refractivity (Wildman–Crippen MR) is 70.5 cm³/mol. The molecule has 0 saturated carbocycles. The molecule has 1 fully saturated rings. The van der Waals surface area contributed by atoms with Crippen molar-refractivity contribution < 1.29 is 0 Å². The van der Waals surface area contributed by atoms with E-state index in [1.54, 1.807) is 0 Å². The van der Waals surface area contributed by atoms with E-state index in [1.165, 1.54) is 19.3 Å². The normalized spacial score (nSPS) is 24.4. The predicted octanol–water partition coefficient (Wildman–Crippen LogP) is 2.47. The third kappa shape index (κ3) is 3.69. The zero-order chi connectivity index (χ0) is 12.2. The molecule has 0 aromatic rings. The Bertz CT molecular complexity index is 240. The zero-order valence-corrected chi connectivity index (χ0v) is 11.3. The maximum atomic E-state index is 5.96. The van der Waals surface area contributed by atoms with Crippen LogP contribution >= 0.6 is 0 Å². The van der Waals surface area contributed by atoms with Gasteiger partial charge in [-0.1, -0.05) is 20.8 Å². The van der Waals surface area contributed by atoms with Crippen molar-refractivity contribution in [3.63, 3.8) is 0 Å². The molecule has 0 radical (unpaired) electrons. The minimum absolute atomic E-state index is 0.423. The van der Waals surface area contributed by atoms with Crippen molar-refractivity contribution in [2.45, 2.75) is 47.0 Å². The summed E-state index contributed by atoms with van der Waals surface area (Å²) in [4.78, 5) is 6.54. The van der Waals surface area contributed by atoms with Gasteiger partial charge in [0, 0.05) is 19.6 Å². The summed E-state index contributed by atoms with van der Waals surface area (Å²) in [7, 11) is 0. The third-order valence-corrected chi connectivity index (χ3v) is 3.60. The third-order valence-electron chi connectivity index (χ3n) is 3.60. The largest absolute Gasteiger partial charge is 0.370 e. The lowest BCUT2D eigenvalue weighted by Crippen LogP contribution is -2.38. The summed E-state index contributed by atoms with van der Waals surface area (Å²) in [5.41, 5.74) is 6.38. The number of nitrogens with zero attached hydrogens (tertiary/aromatic N) is 2. The number of hydrogen-bond acceptors (Lipinski definition) is 1. The van der Waals surface area contributed by atoms with Crippen LogP contribution in [0.15, 0.2) is 4.99 Å². The molecule has 0 spiro atoms. The molecule has 1 aliphatic rings. The second-order valence-electron chi connectivity index (χ2n) is 5.81. The number of likely N-dealkylation sites (tertiary alicyclic amines) is 1. The van der Waals surface area contributed by atoms with Gasteiger partial charge < -0.3 is 10.6 Å². The van der Waals surface area contributed by atoms with Crippen molar-refractivity contribution in [3.05, 3.63) is 0 Å². The summed E-state index contributed by atoms with van der Waals surface area (Å²) in [5.74, 6) is 1.55. The average Bonchev–Trinajstić information content (AvgIpc) is 2.41. The molecule has 1 unspecified atom stereocenters. The van der Waals surface area contributed by atoms with Crippen molar-refractivity contribution in [3.8, 4) is 0 Å². The van der Waals surface area contributed by atoms with Crippen molar-refractivity contribution in [1.82, 2.24) is 4.90 Å². The molecule has 0 aliphatic carbocycles. The minimum Gasteiger partial charge on any atom is -0.370 e. The van der Waals surface area contributed by atoms with Crippen molar-refractivity contribution >= 4 is 5.96 Å². The highest BCUT2D eigenvalue weighted by molar-refractivity contribution is 5.78. The Morgan fingerprint density at radius 2 is 2.00 bits per heavy atom. The fraction of sp³-hybridized carbons (Fsp3) is 0.923. The molecule has 1 rings (SSSR count). The Balaban J connectivity index is 2.56. The van der Waals surface area contributed by atoms with Crippen LogP contribution in [0.1, 0.15) is 47.0 Å². The van der Waals surface area contributed by atoms with Gasteiger partial charge in [-0.2, -0.15) is 0 Å². The smallest absolute Gasteiger partial charge is 0.191 e. The van der Waals surface area contributed by atoms with Crippen LogP contribution in [0.2, 0.25) is 0 Å². The van der Waals surface area contributed by atoms with Crippen molar-refractivity contribution in [2.24, 2.45) is 22.1 Å². The SMILES string of the molecule is CCN=C(N)N1CCCC(C(C)(C)C)CC1. The van der Waals surface area contributed by atoms with E-state index in [4.69, 9.17) is 5.73 Å². The fourth-order valence-corrected chi connectivity index (χ4v) is 2.45. The lowest BCUT2D eigenvalue weighted by Gasteiger charge is -2.29. The van der Waals surface area contributed by atoms with Crippen LogP contribution in [0.5, 0.6) is 0 Å². The van der Waals surface area contributed by atoms with Crippen molar-refractivity contribution in [2.75, 3.05) is 19.6 Å². The number of hydrogen-bond donors (Lipinski definition) is 1. The van der Waals surface area contributed by atoms with Gasteiger partial charge >= 0.3 is 0 Å². The summed E-state index contributed by atoms with van der Waals surface area (Å²) < 4.78 is 0. The number of aliphatic imine (C=N–C) groups is 1. The van der Waals surface area contributed by atoms with Crippen LogP contribution in [0.25, 0.3) is 0 Å². The van der Waals surface area contributed by atoms with Crippen LogP contribution in [0, 0.1) is 11.3 Å². The van der Waals surface area contributed by atoms with E-state index in [1.807, 2.05) is 6.92 Å². The minimum atomic E-state index is 0.423. The van der Waals surface area contributed by atoms with E-state index >= 15 is 0 Å². The number of rotatable bonds is 1. The van der Waals surface area contributed by atoms with Crippen molar-refractivity contribution in [1.29, 1.82) is 0 Å². The van der Waals surface area contributed by atoms with E-state index in [-0.39, 0.29) is 0 Å². The molecule has 16 heavy (non-hydrogen) atoms. The van der Waals surface area contributed by atoms with Crippen LogP contribution in [0.3, 0.4) is 0 Å². The summed E-state index contributed by atoms with van der Waals surface area (Å²) in [6.45, 7) is 12.0. The molecule has 0 aromatic carbocycles. The first kappa shape index (κ1) is 13.3. The van der Waals surface area contributed by atoms with Gasteiger partial charge in [0.05, 0.1) is 0 Å². The van der Waals surface area contributed by atoms with Gasteiger partial charge in [-0.05, 0) is 37.5 Å². The second-order valence-corrected chi connectivity index (χ2v) is 5.81. The summed E-state index contributed by atoms with van der Waals surface area (Å²) in [6, 6.07) is 0. The zero-order valence-electron chi connectivity index (χ0n) is 11.3. The molecule has 1 heterocycles. The fourth-order valence-electron chi connectivity index (χ4n) is 2.45. The highest BCUT2D eigenvalue weighted by Gasteiger charge is 2.27. The standard InChI is InChI=1S/C13H27N3/c1-5-15-12(14)16-9-6-7-11(8-10-16)13(2,3)4/h11H,5-10H2,1-4H3,(H2,14,15). The summed E-state index contributed by atoms with van der Waals surface area (Å²) in [6.07, 6.45) is 3.80. The van der Waals surface area contributed by atoms with Gasteiger partial charge in [-0.25, -0.2) is 0 Å². The monoisotopic (exact) mass is 225 g/mol. The van der Waals surface area contributed by atoms with Crippen LogP contribution in [-0.4, -0.2) is 30.5 Å². The molecule has 1 saturated heterocycles. The van der Waals surface area contributed by atoms with E-state index in [0.29, 0.717) is 5.41 Å². The van der Waals surface area contributed by atoms with Crippen LogP contribution in [-0.2, 0) is 0 Å². The van der Waals surface area contributed by atoms with E-state index in [0.717, 1.165) is 31.5 Å². The topological polar surface area (TPSA) is 41.6 Å². The molecule has 94 valence electrons. The Kier molecular flexibility index (Phi) is 4.63. The van der Waals surface area contributed by atoms with E-state index in [9.17, 15) is 0 Å². The molecule has 0 bridgehead atoms. The highest BCUT2D eigenvalue weighted by Crippen LogP contribution is 2.34.